The number of nitrogens with two attached hydrogens (primary N) is 2. The van der Waals surface area contributed by atoms with Crippen LogP contribution in [0.25, 0.3) is 0 Å². The second-order valence-electron chi connectivity index (χ2n) is 4.68. The Bertz CT molecular complexity index is 559. The molecule has 2 rings (SSSR count). The maximum absolute atomic E-state index is 9.21. The highest BCUT2D eigenvalue weighted by Gasteiger charge is 2.14. The number of nitrogens with zero attached hydrogens (tertiary/aromatic N) is 2. The number of aromatic hydroxyl groups is 1. The van der Waals surface area contributed by atoms with Crippen LogP contribution in [-0.4, -0.2) is 14.9 Å². The normalized spacial score (nSPS) is 10.9. The molecule has 6 nitrogen and oxygen atoms in total. The predicted octanol–water partition coefficient (Wildman–Crippen LogP) is 1.95. The molecule has 0 spiro atoms. The van der Waals surface area contributed by atoms with Crippen LogP contribution >= 0.6 is 0 Å². The quantitative estimate of drug-likeness (QED) is 0.630. The van der Waals surface area contributed by atoms with Gasteiger partial charge < -0.3 is 21.9 Å². The second kappa shape index (κ2) is 5.09. The summed E-state index contributed by atoms with van der Waals surface area (Å²) in [6, 6.07) is 6.98. The number of phenolic OH excluding ortho intramolecular Hbond substituents is 1. The number of aromatic nitrogens is 2. The van der Waals surface area contributed by atoms with E-state index >= 15 is 0 Å². The number of benzene rings is 1. The molecule has 0 saturated carbocycles. The Kier molecular flexibility index (Phi) is 3.50. The van der Waals surface area contributed by atoms with Gasteiger partial charge in [-0.3, -0.25) is 0 Å². The Morgan fingerprint density at radius 2 is 1.89 bits per heavy atom. The van der Waals surface area contributed by atoms with Gasteiger partial charge in [-0.25, -0.2) is 4.68 Å². The van der Waals surface area contributed by atoms with Gasteiger partial charge in [-0.2, -0.15) is 5.10 Å². The summed E-state index contributed by atoms with van der Waals surface area (Å²) in [5, 5.41) is 16.8. The summed E-state index contributed by atoms with van der Waals surface area (Å²) < 4.78 is 1.71. The van der Waals surface area contributed by atoms with Crippen molar-refractivity contribution in [3.63, 3.8) is 0 Å². The molecule has 0 aliphatic carbocycles. The van der Waals surface area contributed by atoms with Gasteiger partial charge >= 0.3 is 0 Å². The van der Waals surface area contributed by atoms with E-state index in [2.05, 4.69) is 10.4 Å². The summed E-state index contributed by atoms with van der Waals surface area (Å²) >= 11 is 0. The molecule has 19 heavy (non-hydrogen) atoms. The number of phenols is 1. The molecule has 6 heteroatoms. The summed E-state index contributed by atoms with van der Waals surface area (Å²) in [5.74, 6) is 0.732. The summed E-state index contributed by atoms with van der Waals surface area (Å²) in [5.41, 5.74) is 14.0. The van der Waals surface area contributed by atoms with E-state index in [1.807, 2.05) is 13.8 Å². The fourth-order valence-corrected chi connectivity index (χ4v) is 1.80. The van der Waals surface area contributed by atoms with Crippen molar-refractivity contribution in [3.8, 4) is 5.75 Å². The van der Waals surface area contributed by atoms with Crippen LogP contribution in [0.4, 0.5) is 17.2 Å². The highest BCUT2D eigenvalue weighted by Crippen LogP contribution is 2.24. The van der Waals surface area contributed by atoms with E-state index in [1.165, 1.54) is 0 Å². The first-order chi connectivity index (χ1) is 8.99. The van der Waals surface area contributed by atoms with Crippen molar-refractivity contribution in [2.45, 2.75) is 26.4 Å². The lowest BCUT2D eigenvalue weighted by molar-refractivity contribution is 0.475. The van der Waals surface area contributed by atoms with E-state index in [4.69, 9.17) is 11.5 Å². The van der Waals surface area contributed by atoms with E-state index < -0.39 is 0 Å². The molecule has 0 aliphatic heterocycles. The lowest BCUT2D eigenvalue weighted by atomic mass is 10.3. The van der Waals surface area contributed by atoms with Crippen molar-refractivity contribution in [3.05, 3.63) is 30.0 Å². The Hall–Kier alpha value is -2.37. The second-order valence-corrected chi connectivity index (χ2v) is 4.68. The molecule has 6 N–H and O–H groups in total. The number of rotatable bonds is 4. The van der Waals surface area contributed by atoms with E-state index in [1.54, 1.807) is 28.9 Å². The van der Waals surface area contributed by atoms with Crippen molar-refractivity contribution in [2.75, 3.05) is 16.8 Å². The van der Waals surface area contributed by atoms with Crippen LogP contribution in [0.15, 0.2) is 24.3 Å². The Morgan fingerprint density at radius 1 is 1.26 bits per heavy atom. The Labute approximate surface area is 112 Å². The van der Waals surface area contributed by atoms with Crippen LogP contribution in [0.3, 0.4) is 0 Å². The zero-order valence-corrected chi connectivity index (χ0v) is 11.1. The highest BCUT2D eigenvalue weighted by molar-refractivity contribution is 5.63. The zero-order chi connectivity index (χ0) is 14.0. The molecule has 0 amide bonds. The highest BCUT2D eigenvalue weighted by atomic mass is 16.3. The fraction of sp³-hybridized carbons (Fsp3) is 0.308. The Morgan fingerprint density at radius 3 is 2.42 bits per heavy atom. The average Bonchev–Trinajstić information content (AvgIpc) is 2.66. The van der Waals surface area contributed by atoms with Gasteiger partial charge in [0.1, 0.15) is 17.3 Å². The summed E-state index contributed by atoms with van der Waals surface area (Å²) in [4.78, 5) is 0. The van der Waals surface area contributed by atoms with Gasteiger partial charge in [0.05, 0.1) is 12.2 Å². The third kappa shape index (κ3) is 2.73. The van der Waals surface area contributed by atoms with Crippen molar-refractivity contribution in [1.29, 1.82) is 0 Å². The molecule has 0 atom stereocenters. The maximum Gasteiger partial charge on any atom is 0.145 e. The largest absolute Gasteiger partial charge is 0.508 e. The molecule has 0 radical (unpaired) electrons. The van der Waals surface area contributed by atoms with Gasteiger partial charge in [-0.1, -0.05) is 0 Å². The third-order valence-electron chi connectivity index (χ3n) is 2.88. The molecule has 1 heterocycles. The molecule has 1 aromatic heterocycles. The number of nitrogens with one attached hydrogen (secondary N) is 1. The standard InChI is InChI=1S/C13H19N5O/c1-8(2)18-13(15)12(14)11(17-18)7-16-9-3-5-10(19)6-4-9/h3-6,8,16,19H,7,14-15H2,1-2H3. The predicted molar refractivity (Wildman–Crippen MR) is 76.9 cm³/mol. The van der Waals surface area contributed by atoms with E-state index in [0.717, 1.165) is 11.4 Å². The molecule has 0 bridgehead atoms. The van der Waals surface area contributed by atoms with Gasteiger partial charge in [-0.15, -0.1) is 0 Å². The van der Waals surface area contributed by atoms with Gasteiger partial charge in [-0.05, 0) is 38.1 Å². The molecular formula is C13H19N5O. The van der Waals surface area contributed by atoms with Crippen molar-refractivity contribution in [2.24, 2.45) is 0 Å². The average molecular weight is 261 g/mol. The van der Waals surface area contributed by atoms with Crippen LogP contribution in [0, 0.1) is 0 Å². The first-order valence-corrected chi connectivity index (χ1v) is 6.14. The minimum atomic E-state index is 0.171. The van der Waals surface area contributed by atoms with Gasteiger partial charge in [0.25, 0.3) is 0 Å². The lowest BCUT2D eigenvalue weighted by Gasteiger charge is -2.06. The first kappa shape index (κ1) is 13.1. The monoisotopic (exact) mass is 261 g/mol. The van der Waals surface area contributed by atoms with Crippen LogP contribution in [-0.2, 0) is 6.54 Å². The van der Waals surface area contributed by atoms with Crippen LogP contribution in [0.5, 0.6) is 5.75 Å². The molecule has 0 fully saturated rings. The van der Waals surface area contributed by atoms with E-state index in [-0.39, 0.29) is 11.8 Å². The maximum atomic E-state index is 9.21. The fourth-order valence-electron chi connectivity index (χ4n) is 1.80. The third-order valence-corrected chi connectivity index (χ3v) is 2.88. The topological polar surface area (TPSA) is 102 Å². The number of hydrogen-bond acceptors (Lipinski definition) is 5. The van der Waals surface area contributed by atoms with Crippen molar-refractivity contribution >= 4 is 17.2 Å². The van der Waals surface area contributed by atoms with Crippen LogP contribution in [0.2, 0.25) is 0 Å². The summed E-state index contributed by atoms with van der Waals surface area (Å²) in [6.45, 7) is 4.49. The molecule has 0 unspecified atom stereocenters. The van der Waals surface area contributed by atoms with Crippen molar-refractivity contribution < 1.29 is 5.11 Å². The number of anilines is 3. The smallest absolute Gasteiger partial charge is 0.145 e. The van der Waals surface area contributed by atoms with E-state index in [0.29, 0.717) is 18.1 Å². The molecule has 0 aliphatic rings. The SMILES string of the molecule is CC(C)n1nc(CNc2ccc(O)cc2)c(N)c1N. The van der Waals surface area contributed by atoms with Gasteiger partial charge in [0.2, 0.25) is 0 Å². The number of hydrogen-bond donors (Lipinski definition) is 4. The molecule has 0 saturated heterocycles. The van der Waals surface area contributed by atoms with Gasteiger partial charge in [0, 0.05) is 11.7 Å². The lowest BCUT2D eigenvalue weighted by Crippen LogP contribution is -2.07. The molecule has 1 aromatic carbocycles. The molecule has 2 aromatic rings. The Balaban J connectivity index is 2.11. The first-order valence-electron chi connectivity index (χ1n) is 6.14. The summed E-state index contributed by atoms with van der Waals surface area (Å²) in [7, 11) is 0. The minimum Gasteiger partial charge on any atom is -0.508 e. The van der Waals surface area contributed by atoms with Crippen LogP contribution in [0.1, 0.15) is 25.6 Å². The zero-order valence-electron chi connectivity index (χ0n) is 11.1. The van der Waals surface area contributed by atoms with Crippen LogP contribution < -0.4 is 16.8 Å². The summed E-state index contributed by atoms with van der Waals surface area (Å²) in [6.07, 6.45) is 0. The number of nitrogen functional groups attached to an aromatic ring is 2. The molecular weight excluding hydrogens is 242 g/mol. The van der Waals surface area contributed by atoms with Gasteiger partial charge in [0.15, 0.2) is 0 Å². The minimum absolute atomic E-state index is 0.171. The van der Waals surface area contributed by atoms with Crippen molar-refractivity contribution in [1.82, 2.24) is 9.78 Å². The molecule has 102 valence electrons. The van der Waals surface area contributed by atoms with E-state index in [9.17, 15) is 5.11 Å².